The summed E-state index contributed by atoms with van der Waals surface area (Å²) in [6, 6.07) is 7.30. The minimum Gasteiger partial charge on any atom is -0.483 e. The van der Waals surface area contributed by atoms with E-state index < -0.39 is 0 Å². The molecule has 1 aromatic rings. The van der Waals surface area contributed by atoms with E-state index in [1.807, 2.05) is 32.0 Å². The molecule has 0 radical (unpaired) electrons. The Balaban J connectivity index is 2.35. The van der Waals surface area contributed by atoms with Crippen LogP contribution in [0.2, 0.25) is 0 Å². The zero-order valence-corrected chi connectivity index (χ0v) is 11.8. The number of hydrogen-bond donors (Lipinski definition) is 3. The number of nitrogens with two attached hydrogens (primary N) is 1. The van der Waals surface area contributed by atoms with Gasteiger partial charge in [-0.15, -0.1) is 0 Å². The fourth-order valence-electron chi connectivity index (χ4n) is 1.56. The molecule has 0 fully saturated rings. The van der Waals surface area contributed by atoms with E-state index >= 15 is 0 Å². The molecule has 2 amide bonds. The van der Waals surface area contributed by atoms with E-state index in [4.69, 9.17) is 10.5 Å². The molecule has 0 heterocycles. The van der Waals surface area contributed by atoms with E-state index in [-0.39, 0.29) is 31.0 Å². The zero-order chi connectivity index (χ0) is 15.0. The van der Waals surface area contributed by atoms with Crippen LogP contribution < -0.4 is 21.1 Å². The Kier molecular flexibility index (Phi) is 6.52. The molecule has 0 spiro atoms. The van der Waals surface area contributed by atoms with Gasteiger partial charge in [-0.25, -0.2) is 0 Å². The highest BCUT2D eigenvalue weighted by molar-refractivity contribution is 5.85. The number of carbonyl (C=O) groups is 2. The quantitative estimate of drug-likeness (QED) is 0.663. The van der Waals surface area contributed by atoms with Crippen molar-refractivity contribution in [2.45, 2.75) is 26.4 Å². The summed E-state index contributed by atoms with van der Waals surface area (Å²) < 4.78 is 5.38. The minimum absolute atomic E-state index is 0.0482. The molecule has 0 aliphatic rings. The van der Waals surface area contributed by atoms with Gasteiger partial charge >= 0.3 is 0 Å². The predicted octanol–water partition coefficient (Wildman–Crippen LogP) is 0.165. The number of benzene rings is 1. The lowest BCUT2D eigenvalue weighted by Gasteiger charge is -2.11. The molecule has 0 saturated carbocycles. The molecule has 4 N–H and O–H groups in total. The van der Waals surface area contributed by atoms with Gasteiger partial charge in [-0.1, -0.05) is 18.2 Å². The van der Waals surface area contributed by atoms with Gasteiger partial charge in [0.15, 0.2) is 6.61 Å². The van der Waals surface area contributed by atoms with Gasteiger partial charge in [0.05, 0.1) is 6.54 Å². The molecule has 0 aromatic heterocycles. The Hall–Kier alpha value is -2.08. The van der Waals surface area contributed by atoms with Crippen molar-refractivity contribution in [2.75, 3.05) is 13.2 Å². The lowest BCUT2D eigenvalue weighted by atomic mass is 10.2. The summed E-state index contributed by atoms with van der Waals surface area (Å²) in [7, 11) is 0. The highest BCUT2D eigenvalue weighted by Gasteiger charge is 2.08. The van der Waals surface area contributed by atoms with Crippen molar-refractivity contribution in [1.82, 2.24) is 10.6 Å². The molecule has 0 saturated heterocycles. The summed E-state index contributed by atoms with van der Waals surface area (Å²) in [6.07, 6.45) is 0. The van der Waals surface area contributed by atoms with Crippen LogP contribution in [-0.4, -0.2) is 31.0 Å². The molecule has 1 rings (SSSR count). The topological polar surface area (TPSA) is 93.5 Å². The summed E-state index contributed by atoms with van der Waals surface area (Å²) in [4.78, 5) is 22.9. The fraction of sp³-hybridized carbons (Fsp3) is 0.429. The van der Waals surface area contributed by atoms with E-state index in [0.717, 1.165) is 5.56 Å². The van der Waals surface area contributed by atoms with E-state index in [0.29, 0.717) is 12.3 Å². The van der Waals surface area contributed by atoms with Crippen LogP contribution >= 0.6 is 0 Å². The molecule has 0 aliphatic heterocycles. The van der Waals surface area contributed by atoms with Crippen molar-refractivity contribution in [2.24, 2.45) is 5.73 Å². The normalized spacial score (nSPS) is 10.2. The Morgan fingerprint density at radius 1 is 1.25 bits per heavy atom. The lowest BCUT2D eigenvalue weighted by Crippen LogP contribution is -2.41. The number of ether oxygens (including phenoxy) is 1. The maximum atomic E-state index is 11.6. The summed E-state index contributed by atoms with van der Waals surface area (Å²) in [5, 5.41) is 5.17. The predicted molar refractivity (Wildman–Crippen MR) is 76.1 cm³/mol. The molecule has 1 aromatic carbocycles. The van der Waals surface area contributed by atoms with Crippen molar-refractivity contribution in [1.29, 1.82) is 0 Å². The number of rotatable bonds is 7. The van der Waals surface area contributed by atoms with Crippen molar-refractivity contribution in [3.63, 3.8) is 0 Å². The Bertz CT molecular complexity index is 461. The van der Waals surface area contributed by atoms with Gasteiger partial charge in [-0.05, 0) is 19.9 Å². The van der Waals surface area contributed by atoms with E-state index in [1.165, 1.54) is 0 Å². The Morgan fingerprint density at radius 2 is 1.95 bits per heavy atom. The van der Waals surface area contributed by atoms with Crippen molar-refractivity contribution < 1.29 is 14.3 Å². The van der Waals surface area contributed by atoms with Crippen molar-refractivity contribution >= 4 is 11.8 Å². The zero-order valence-electron chi connectivity index (χ0n) is 11.8. The highest BCUT2D eigenvalue weighted by atomic mass is 16.5. The van der Waals surface area contributed by atoms with Gasteiger partial charge in [-0.3, -0.25) is 9.59 Å². The molecular formula is C14H21N3O3. The second-order valence-electron chi connectivity index (χ2n) is 4.60. The summed E-state index contributed by atoms with van der Waals surface area (Å²) in [6.45, 7) is 3.85. The van der Waals surface area contributed by atoms with Crippen molar-refractivity contribution in [3.8, 4) is 5.75 Å². The smallest absolute Gasteiger partial charge is 0.258 e. The summed E-state index contributed by atoms with van der Waals surface area (Å²) >= 11 is 0. The van der Waals surface area contributed by atoms with Crippen LogP contribution in [0.3, 0.4) is 0 Å². The minimum atomic E-state index is -0.351. The van der Waals surface area contributed by atoms with E-state index in [1.54, 1.807) is 6.07 Å². The molecule has 20 heavy (non-hydrogen) atoms. The van der Waals surface area contributed by atoms with Crippen LogP contribution in [0.1, 0.15) is 19.4 Å². The average molecular weight is 279 g/mol. The average Bonchev–Trinajstić information content (AvgIpc) is 2.42. The third-order valence-electron chi connectivity index (χ3n) is 2.45. The monoisotopic (exact) mass is 279 g/mol. The van der Waals surface area contributed by atoms with Crippen LogP contribution in [0.25, 0.3) is 0 Å². The molecule has 0 unspecified atom stereocenters. The first-order valence-electron chi connectivity index (χ1n) is 6.49. The molecule has 6 heteroatoms. The van der Waals surface area contributed by atoms with Crippen LogP contribution in [0.4, 0.5) is 0 Å². The number of hydrogen-bond acceptors (Lipinski definition) is 4. The van der Waals surface area contributed by atoms with Crippen LogP contribution in [0.5, 0.6) is 5.75 Å². The standard InChI is InChI=1S/C14H21N3O3/c1-10(2)17-13(18)8-16-14(19)9-20-12-6-4-3-5-11(12)7-15/h3-6,10H,7-9,15H2,1-2H3,(H,16,19)(H,17,18). The van der Waals surface area contributed by atoms with Crippen molar-refractivity contribution in [3.05, 3.63) is 29.8 Å². The van der Waals surface area contributed by atoms with Gasteiger partial charge in [0.1, 0.15) is 5.75 Å². The van der Waals surface area contributed by atoms with Gasteiger partial charge in [0.25, 0.3) is 5.91 Å². The first-order valence-corrected chi connectivity index (χ1v) is 6.49. The number of amides is 2. The Morgan fingerprint density at radius 3 is 2.60 bits per heavy atom. The van der Waals surface area contributed by atoms with Crippen LogP contribution in [0.15, 0.2) is 24.3 Å². The van der Waals surface area contributed by atoms with Crippen LogP contribution in [0, 0.1) is 0 Å². The number of nitrogens with one attached hydrogen (secondary N) is 2. The molecular weight excluding hydrogens is 258 g/mol. The maximum absolute atomic E-state index is 11.6. The molecule has 0 atom stereocenters. The molecule has 6 nitrogen and oxygen atoms in total. The second kappa shape index (κ2) is 8.16. The summed E-state index contributed by atoms with van der Waals surface area (Å²) in [5.74, 6) is 0.00298. The van der Waals surface area contributed by atoms with Gasteiger partial charge in [0, 0.05) is 18.2 Å². The first-order chi connectivity index (χ1) is 9.52. The molecule has 110 valence electrons. The Labute approximate surface area is 118 Å². The first kappa shape index (κ1) is 16.0. The van der Waals surface area contributed by atoms with Crippen LogP contribution in [-0.2, 0) is 16.1 Å². The van der Waals surface area contributed by atoms with Gasteiger partial charge in [-0.2, -0.15) is 0 Å². The van der Waals surface area contributed by atoms with E-state index in [9.17, 15) is 9.59 Å². The number of carbonyl (C=O) groups excluding carboxylic acids is 2. The largest absolute Gasteiger partial charge is 0.483 e. The number of para-hydroxylation sites is 1. The molecule has 0 bridgehead atoms. The van der Waals surface area contributed by atoms with E-state index in [2.05, 4.69) is 10.6 Å². The lowest BCUT2D eigenvalue weighted by molar-refractivity contribution is -0.127. The van der Waals surface area contributed by atoms with Gasteiger partial charge < -0.3 is 21.1 Å². The van der Waals surface area contributed by atoms with Gasteiger partial charge in [0.2, 0.25) is 5.91 Å². The third kappa shape index (κ3) is 5.71. The fourth-order valence-corrected chi connectivity index (χ4v) is 1.56. The highest BCUT2D eigenvalue weighted by Crippen LogP contribution is 2.16. The maximum Gasteiger partial charge on any atom is 0.258 e. The second-order valence-corrected chi connectivity index (χ2v) is 4.60. The third-order valence-corrected chi connectivity index (χ3v) is 2.45. The summed E-state index contributed by atoms with van der Waals surface area (Å²) in [5.41, 5.74) is 6.40. The SMILES string of the molecule is CC(C)NC(=O)CNC(=O)COc1ccccc1CN. The molecule has 0 aliphatic carbocycles.